The maximum absolute atomic E-state index is 11.1. The highest BCUT2D eigenvalue weighted by Gasteiger charge is 2.19. The van der Waals surface area contributed by atoms with Crippen LogP contribution in [0.25, 0.3) is 0 Å². The quantitative estimate of drug-likeness (QED) is 0.805. The Morgan fingerprint density at radius 2 is 2.25 bits per heavy atom. The van der Waals surface area contributed by atoms with Gasteiger partial charge in [-0.2, -0.15) is 0 Å². The van der Waals surface area contributed by atoms with Crippen LogP contribution in [0.2, 0.25) is 0 Å². The molecule has 1 atom stereocenters. The van der Waals surface area contributed by atoms with Crippen LogP contribution in [0, 0.1) is 11.8 Å². The number of rotatable bonds is 6. The second-order valence-corrected chi connectivity index (χ2v) is 4.66. The number of aryl methyl sites for hydroxylation is 2. The molecule has 1 N–H and O–H groups in total. The number of aliphatic carboxylic acids is 1. The minimum Gasteiger partial charge on any atom is -0.481 e. The van der Waals surface area contributed by atoms with Crippen molar-refractivity contribution in [1.29, 1.82) is 0 Å². The summed E-state index contributed by atoms with van der Waals surface area (Å²) in [4.78, 5) is 15.2. The van der Waals surface area contributed by atoms with Crippen LogP contribution in [-0.2, 0) is 18.3 Å². The third-order valence-electron chi connectivity index (χ3n) is 2.74. The summed E-state index contributed by atoms with van der Waals surface area (Å²) in [6, 6.07) is 0. The second kappa shape index (κ2) is 5.68. The Hall–Kier alpha value is -1.32. The van der Waals surface area contributed by atoms with Gasteiger partial charge >= 0.3 is 5.97 Å². The van der Waals surface area contributed by atoms with Crippen LogP contribution >= 0.6 is 0 Å². The topological polar surface area (TPSA) is 55.1 Å². The number of imidazole rings is 1. The molecular formula is C12H20N2O2. The van der Waals surface area contributed by atoms with Gasteiger partial charge in [0.1, 0.15) is 5.82 Å². The lowest BCUT2D eigenvalue weighted by atomic mass is 9.93. The molecule has 1 heterocycles. The molecule has 0 saturated carbocycles. The van der Waals surface area contributed by atoms with Crippen molar-refractivity contribution >= 4 is 5.97 Å². The van der Waals surface area contributed by atoms with E-state index in [9.17, 15) is 4.79 Å². The van der Waals surface area contributed by atoms with E-state index in [1.165, 1.54) is 0 Å². The molecule has 0 aromatic carbocycles. The Morgan fingerprint density at radius 3 is 2.69 bits per heavy atom. The lowest BCUT2D eigenvalue weighted by Crippen LogP contribution is -2.17. The van der Waals surface area contributed by atoms with E-state index in [1.807, 2.05) is 17.8 Å². The molecule has 1 aromatic heterocycles. The zero-order valence-corrected chi connectivity index (χ0v) is 10.2. The first-order valence-electron chi connectivity index (χ1n) is 5.69. The molecule has 0 aliphatic rings. The number of hydrogen-bond acceptors (Lipinski definition) is 2. The van der Waals surface area contributed by atoms with Crippen molar-refractivity contribution in [2.24, 2.45) is 18.9 Å². The Kier molecular flexibility index (Phi) is 4.52. The molecular weight excluding hydrogens is 204 g/mol. The van der Waals surface area contributed by atoms with E-state index in [0.717, 1.165) is 18.7 Å². The summed E-state index contributed by atoms with van der Waals surface area (Å²) in [7, 11) is 1.93. The van der Waals surface area contributed by atoms with Gasteiger partial charge in [-0.05, 0) is 18.8 Å². The monoisotopic (exact) mass is 224 g/mol. The van der Waals surface area contributed by atoms with Gasteiger partial charge in [0, 0.05) is 25.9 Å². The Morgan fingerprint density at radius 1 is 1.56 bits per heavy atom. The van der Waals surface area contributed by atoms with Gasteiger partial charge < -0.3 is 9.67 Å². The van der Waals surface area contributed by atoms with E-state index in [4.69, 9.17) is 5.11 Å². The summed E-state index contributed by atoms with van der Waals surface area (Å²) in [6.45, 7) is 4.10. The van der Waals surface area contributed by atoms with Gasteiger partial charge in [-0.25, -0.2) is 4.98 Å². The normalized spacial score (nSPS) is 13.0. The second-order valence-electron chi connectivity index (χ2n) is 4.66. The largest absolute Gasteiger partial charge is 0.481 e. The molecule has 1 unspecified atom stereocenters. The highest BCUT2D eigenvalue weighted by atomic mass is 16.4. The number of aromatic nitrogens is 2. The number of carboxylic acid groups (broad SMARTS) is 1. The van der Waals surface area contributed by atoms with Crippen molar-refractivity contribution in [2.45, 2.75) is 33.1 Å². The zero-order valence-electron chi connectivity index (χ0n) is 10.2. The van der Waals surface area contributed by atoms with Crippen LogP contribution < -0.4 is 0 Å². The van der Waals surface area contributed by atoms with Crippen LogP contribution in [0.1, 0.15) is 32.5 Å². The first kappa shape index (κ1) is 12.7. The van der Waals surface area contributed by atoms with E-state index < -0.39 is 5.97 Å². The third-order valence-corrected chi connectivity index (χ3v) is 2.74. The summed E-state index contributed by atoms with van der Waals surface area (Å²) < 4.78 is 1.94. The average molecular weight is 224 g/mol. The molecule has 4 heteroatoms. The molecule has 1 rings (SSSR count). The molecule has 16 heavy (non-hydrogen) atoms. The maximum atomic E-state index is 11.1. The van der Waals surface area contributed by atoms with Crippen LogP contribution in [0.4, 0.5) is 0 Å². The highest BCUT2D eigenvalue weighted by Crippen LogP contribution is 2.17. The lowest BCUT2D eigenvalue weighted by Gasteiger charge is -2.14. The van der Waals surface area contributed by atoms with Gasteiger partial charge in [-0.3, -0.25) is 4.79 Å². The van der Waals surface area contributed by atoms with Crippen LogP contribution in [-0.4, -0.2) is 20.6 Å². The van der Waals surface area contributed by atoms with Gasteiger partial charge in [-0.15, -0.1) is 0 Å². The van der Waals surface area contributed by atoms with Gasteiger partial charge in [0.25, 0.3) is 0 Å². The summed E-state index contributed by atoms with van der Waals surface area (Å²) in [5.41, 5.74) is 0. The van der Waals surface area contributed by atoms with Crippen LogP contribution in [0.3, 0.4) is 0 Å². The molecule has 90 valence electrons. The van der Waals surface area contributed by atoms with E-state index in [1.54, 1.807) is 6.20 Å². The number of carbonyl (C=O) groups is 1. The zero-order chi connectivity index (χ0) is 12.1. The van der Waals surface area contributed by atoms with Gasteiger partial charge in [0.2, 0.25) is 0 Å². The molecule has 0 fully saturated rings. The summed E-state index contributed by atoms with van der Waals surface area (Å²) in [5.74, 6) is 0.428. The smallest absolute Gasteiger partial charge is 0.306 e. The fourth-order valence-corrected chi connectivity index (χ4v) is 1.85. The molecule has 0 saturated heterocycles. The predicted molar refractivity (Wildman–Crippen MR) is 62.1 cm³/mol. The lowest BCUT2D eigenvalue weighted by molar-refractivity contribution is -0.142. The molecule has 0 spiro atoms. The first-order chi connectivity index (χ1) is 7.50. The van der Waals surface area contributed by atoms with Crippen molar-refractivity contribution in [2.75, 3.05) is 0 Å². The minimum atomic E-state index is -0.692. The van der Waals surface area contributed by atoms with Crippen molar-refractivity contribution < 1.29 is 9.90 Å². The SMILES string of the molecule is CC(C)CC(CCc1nccn1C)C(=O)O. The molecule has 0 amide bonds. The van der Waals surface area contributed by atoms with E-state index >= 15 is 0 Å². The summed E-state index contributed by atoms with van der Waals surface area (Å²) >= 11 is 0. The Labute approximate surface area is 96.3 Å². The summed E-state index contributed by atoms with van der Waals surface area (Å²) in [5, 5.41) is 9.09. The maximum Gasteiger partial charge on any atom is 0.306 e. The highest BCUT2D eigenvalue weighted by molar-refractivity contribution is 5.69. The average Bonchev–Trinajstić information content (AvgIpc) is 2.57. The van der Waals surface area contributed by atoms with Crippen molar-refractivity contribution in [3.05, 3.63) is 18.2 Å². The minimum absolute atomic E-state index is 0.253. The number of hydrogen-bond donors (Lipinski definition) is 1. The van der Waals surface area contributed by atoms with Crippen molar-refractivity contribution in [1.82, 2.24) is 9.55 Å². The molecule has 0 bridgehead atoms. The van der Waals surface area contributed by atoms with Gasteiger partial charge in [0.15, 0.2) is 0 Å². The molecule has 0 radical (unpaired) electrons. The van der Waals surface area contributed by atoms with Crippen LogP contribution in [0.5, 0.6) is 0 Å². The molecule has 4 nitrogen and oxygen atoms in total. The predicted octanol–water partition coefficient (Wildman–Crippen LogP) is 2.10. The van der Waals surface area contributed by atoms with E-state index in [2.05, 4.69) is 18.8 Å². The van der Waals surface area contributed by atoms with E-state index in [-0.39, 0.29) is 5.92 Å². The molecule has 0 aliphatic heterocycles. The van der Waals surface area contributed by atoms with Gasteiger partial charge in [0.05, 0.1) is 5.92 Å². The Balaban J connectivity index is 2.50. The molecule has 0 aliphatic carbocycles. The third kappa shape index (κ3) is 3.68. The fraction of sp³-hybridized carbons (Fsp3) is 0.667. The van der Waals surface area contributed by atoms with Gasteiger partial charge in [-0.1, -0.05) is 13.8 Å². The standard InChI is InChI=1S/C12H20N2O2/c1-9(2)8-10(12(15)16)4-5-11-13-6-7-14(11)3/h6-7,9-10H,4-5,8H2,1-3H3,(H,15,16). The Bertz CT molecular complexity index is 345. The first-order valence-corrected chi connectivity index (χ1v) is 5.69. The van der Waals surface area contributed by atoms with Crippen molar-refractivity contribution in [3.63, 3.8) is 0 Å². The van der Waals surface area contributed by atoms with Crippen LogP contribution in [0.15, 0.2) is 12.4 Å². The van der Waals surface area contributed by atoms with Crippen molar-refractivity contribution in [3.8, 4) is 0 Å². The summed E-state index contributed by atoms with van der Waals surface area (Å²) in [6.07, 6.45) is 5.76. The molecule has 1 aromatic rings. The number of nitrogens with zero attached hydrogens (tertiary/aromatic N) is 2. The van der Waals surface area contributed by atoms with E-state index in [0.29, 0.717) is 12.3 Å². The number of carboxylic acids is 1. The fourth-order valence-electron chi connectivity index (χ4n) is 1.85.